The largest absolute Gasteiger partial charge is 0.462 e. The normalized spacial score (nSPS) is 13.0. The molecule has 0 heterocycles. The van der Waals surface area contributed by atoms with Crippen molar-refractivity contribution in [3.63, 3.8) is 0 Å². The number of allylic oxidation sites excluding steroid dienone is 22. The molecule has 0 saturated heterocycles. The van der Waals surface area contributed by atoms with E-state index in [-0.39, 0.29) is 31.1 Å². The number of unbranched alkanes of at least 4 members (excludes halogenated alkanes) is 26. The van der Waals surface area contributed by atoms with Gasteiger partial charge in [-0.3, -0.25) is 14.4 Å². The van der Waals surface area contributed by atoms with E-state index in [2.05, 4.69) is 154 Å². The van der Waals surface area contributed by atoms with Gasteiger partial charge < -0.3 is 14.2 Å². The molecule has 0 aliphatic heterocycles. The van der Waals surface area contributed by atoms with Crippen LogP contribution >= 0.6 is 0 Å². The Hall–Kier alpha value is -4.45. The van der Waals surface area contributed by atoms with Crippen LogP contribution in [0, 0.1) is 0 Å². The lowest BCUT2D eigenvalue weighted by atomic mass is 10.1. The fourth-order valence-electron chi connectivity index (χ4n) is 8.94. The summed E-state index contributed by atoms with van der Waals surface area (Å²) in [5.74, 6) is -0.941. The number of ether oxygens (including phenoxy) is 3. The van der Waals surface area contributed by atoms with E-state index < -0.39 is 6.10 Å². The Morgan fingerprint density at radius 3 is 0.800 bits per heavy atom. The molecule has 6 nitrogen and oxygen atoms in total. The van der Waals surface area contributed by atoms with E-state index in [1.54, 1.807) is 0 Å². The van der Waals surface area contributed by atoms with Crippen molar-refractivity contribution in [1.29, 1.82) is 0 Å². The third kappa shape index (κ3) is 64.4. The van der Waals surface area contributed by atoms with Crippen LogP contribution in [0.25, 0.3) is 0 Å². The molecule has 0 aliphatic rings. The van der Waals surface area contributed by atoms with E-state index in [4.69, 9.17) is 14.2 Å². The van der Waals surface area contributed by atoms with Crippen molar-refractivity contribution in [3.8, 4) is 0 Å². The van der Waals surface area contributed by atoms with Gasteiger partial charge in [0.05, 0.1) is 0 Å². The van der Waals surface area contributed by atoms with Gasteiger partial charge in [0.25, 0.3) is 0 Å². The minimum atomic E-state index is -0.801. The van der Waals surface area contributed by atoms with Gasteiger partial charge in [-0.05, 0) is 122 Å². The number of rotatable bonds is 59. The van der Waals surface area contributed by atoms with E-state index in [1.165, 1.54) is 135 Å². The van der Waals surface area contributed by atoms with Crippen LogP contribution in [0.5, 0.6) is 0 Å². The standard InChI is InChI=1S/C74H122O6/c1-4-7-10-13-16-19-22-24-26-28-30-31-32-33-34-35-36-37-38-39-40-41-42-43-44-46-47-49-52-55-58-61-64-67-73(76)79-70-71(69-78-72(75)66-63-60-57-54-51-21-18-15-12-9-6-3)80-74(77)68-65-62-59-56-53-50-48-45-29-27-25-23-20-17-14-11-8-5-2/h7,10,16,19,24,26-27,29-31,33-34,36-37,39-40,42-43,46-47,52,55,71H,4-6,8-9,11-15,17-18,20-23,25,28,32,35,38,41,44-45,48-51,53-54,56-70H2,1-3H3/b10-7-,19-16-,26-24-,29-27-,31-30-,34-33-,37-36-,40-39-,43-42-,47-46-,55-52-. The van der Waals surface area contributed by atoms with E-state index in [1.807, 2.05) is 0 Å². The highest BCUT2D eigenvalue weighted by Gasteiger charge is 2.19. The van der Waals surface area contributed by atoms with Crippen LogP contribution in [0.1, 0.15) is 297 Å². The minimum absolute atomic E-state index is 0.0939. The molecule has 0 saturated carbocycles. The van der Waals surface area contributed by atoms with Gasteiger partial charge in [-0.25, -0.2) is 0 Å². The Kier molecular flexibility index (Phi) is 63.3. The van der Waals surface area contributed by atoms with Crippen LogP contribution in [-0.4, -0.2) is 37.2 Å². The maximum atomic E-state index is 12.9. The second-order valence-corrected chi connectivity index (χ2v) is 21.6. The van der Waals surface area contributed by atoms with Gasteiger partial charge >= 0.3 is 17.9 Å². The minimum Gasteiger partial charge on any atom is -0.462 e. The summed E-state index contributed by atoms with van der Waals surface area (Å²) in [6.07, 6.45) is 94.7. The molecule has 0 N–H and O–H groups in total. The van der Waals surface area contributed by atoms with Crippen molar-refractivity contribution >= 4 is 17.9 Å². The summed E-state index contributed by atoms with van der Waals surface area (Å²) < 4.78 is 16.9. The van der Waals surface area contributed by atoms with E-state index >= 15 is 0 Å². The zero-order valence-electron chi connectivity index (χ0n) is 52.0. The first-order valence-corrected chi connectivity index (χ1v) is 33.2. The van der Waals surface area contributed by atoms with E-state index in [9.17, 15) is 14.4 Å². The van der Waals surface area contributed by atoms with Gasteiger partial charge in [0.15, 0.2) is 6.10 Å². The van der Waals surface area contributed by atoms with Crippen molar-refractivity contribution < 1.29 is 28.6 Å². The van der Waals surface area contributed by atoms with Crippen molar-refractivity contribution in [3.05, 3.63) is 134 Å². The summed E-state index contributed by atoms with van der Waals surface area (Å²) in [5, 5.41) is 0. The van der Waals surface area contributed by atoms with E-state index in [0.717, 1.165) is 116 Å². The maximum absolute atomic E-state index is 12.9. The highest BCUT2D eigenvalue weighted by atomic mass is 16.6. The predicted molar refractivity (Wildman–Crippen MR) is 348 cm³/mol. The molecule has 0 aromatic rings. The SMILES string of the molecule is CC/C=C\C/C=C\C/C=C\C/C=C\C/C=C\C/C=C\C/C=C\C/C=C\C/C=C\C/C=C\CCCCC(=O)OCC(COC(=O)CCCCCCCCCCCCC)OC(=O)CCCCCCCCC/C=C\CCCCCCCCC. The monoisotopic (exact) mass is 1110 g/mol. The van der Waals surface area contributed by atoms with Gasteiger partial charge in [0.2, 0.25) is 0 Å². The molecule has 80 heavy (non-hydrogen) atoms. The Balaban J connectivity index is 4.35. The predicted octanol–water partition coefficient (Wildman–Crippen LogP) is 22.9. The molecule has 0 rings (SSSR count). The van der Waals surface area contributed by atoms with E-state index in [0.29, 0.717) is 25.7 Å². The Morgan fingerprint density at radius 2 is 0.487 bits per heavy atom. The second kappa shape index (κ2) is 67.1. The van der Waals surface area contributed by atoms with Gasteiger partial charge in [-0.2, -0.15) is 0 Å². The molecule has 0 aromatic carbocycles. The number of esters is 3. The number of hydrogen-bond acceptors (Lipinski definition) is 6. The highest BCUT2D eigenvalue weighted by Crippen LogP contribution is 2.15. The van der Waals surface area contributed by atoms with Crippen LogP contribution in [0.3, 0.4) is 0 Å². The Morgan fingerprint density at radius 1 is 0.263 bits per heavy atom. The first-order chi connectivity index (χ1) is 39.5. The van der Waals surface area contributed by atoms with Gasteiger partial charge in [0.1, 0.15) is 13.2 Å². The van der Waals surface area contributed by atoms with Crippen molar-refractivity contribution in [2.45, 2.75) is 303 Å². The summed E-state index contributed by atoms with van der Waals surface area (Å²) in [6.45, 7) is 6.49. The molecule has 0 spiro atoms. The summed E-state index contributed by atoms with van der Waals surface area (Å²) >= 11 is 0. The van der Waals surface area contributed by atoms with Crippen LogP contribution in [0.15, 0.2) is 134 Å². The molecule has 1 atom stereocenters. The lowest BCUT2D eigenvalue weighted by molar-refractivity contribution is -0.167. The third-order valence-corrected chi connectivity index (χ3v) is 13.9. The lowest BCUT2D eigenvalue weighted by Gasteiger charge is -2.18. The summed E-state index contributed by atoms with van der Waals surface area (Å²) in [7, 11) is 0. The first kappa shape index (κ1) is 75.5. The molecular weight excluding hydrogens is 985 g/mol. The van der Waals surface area contributed by atoms with Gasteiger partial charge in [-0.15, -0.1) is 0 Å². The van der Waals surface area contributed by atoms with Crippen LogP contribution in [0.4, 0.5) is 0 Å². The number of carbonyl (C=O) groups is 3. The fourth-order valence-corrected chi connectivity index (χ4v) is 8.94. The molecular formula is C74H122O6. The average molecular weight is 1110 g/mol. The molecule has 0 bridgehead atoms. The smallest absolute Gasteiger partial charge is 0.306 e. The highest BCUT2D eigenvalue weighted by molar-refractivity contribution is 5.71. The topological polar surface area (TPSA) is 78.9 Å². The lowest BCUT2D eigenvalue weighted by Crippen LogP contribution is -2.30. The summed E-state index contributed by atoms with van der Waals surface area (Å²) in [6, 6.07) is 0. The molecule has 0 aliphatic carbocycles. The molecule has 0 radical (unpaired) electrons. The van der Waals surface area contributed by atoms with Crippen molar-refractivity contribution in [2.24, 2.45) is 0 Å². The first-order valence-electron chi connectivity index (χ1n) is 33.2. The van der Waals surface area contributed by atoms with Crippen molar-refractivity contribution in [2.75, 3.05) is 13.2 Å². The summed E-state index contributed by atoms with van der Waals surface area (Å²) in [5.41, 5.74) is 0. The molecule has 454 valence electrons. The molecule has 0 aromatic heterocycles. The second-order valence-electron chi connectivity index (χ2n) is 21.6. The van der Waals surface area contributed by atoms with Gasteiger partial charge in [0, 0.05) is 19.3 Å². The fraction of sp³-hybridized carbons (Fsp3) is 0.662. The zero-order valence-corrected chi connectivity index (χ0v) is 52.0. The molecule has 0 amide bonds. The summed E-state index contributed by atoms with van der Waals surface area (Å²) in [4.78, 5) is 38.2. The average Bonchev–Trinajstić information content (AvgIpc) is 3.46. The Labute approximate surface area is 494 Å². The van der Waals surface area contributed by atoms with Crippen molar-refractivity contribution in [1.82, 2.24) is 0 Å². The zero-order chi connectivity index (χ0) is 57.8. The molecule has 0 fully saturated rings. The van der Waals surface area contributed by atoms with Crippen LogP contribution in [-0.2, 0) is 28.6 Å². The maximum Gasteiger partial charge on any atom is 0.306 e. The number of hydrogen-bond donors (Lipinski definition) is 0. The van der Waals surface area contributed by atoms with Gasteiger partial charge in [-0.1, -0.05) is 289 Å². The Bertz CT molecular complexity index is 1700. The molecule has 6 heteroatoms. The van der Waals surface area contributed by atoms with Crippen LogP contribution in [0.2, 0.25) is 0 Å². The van der Waals surface area contributed by atoms with Crippen LogP contribution < -0.4 is 0 Å². The quantitative estimate of drug-likeness (QED) is 0.0261. The molecule has 1 unspecified atom stereocenters. The number of carbonyl (C=O) groups excluding carboxylic acids is 3. The third-order valence-electron chi connectivity index (χ3n) is 13.9.